The van der Waals surface area contributed by atoms with Gasteiger partial charge in [0.05, 0.1) is 6.10 Å². The van der Waals surface area contributed by atoms with Crippen LogP contribution in [0.15, 0.2) is 18.2 Å². The van der Waals surface area contributed by atoms with Gasteiger partial charge in [0.2, 0.25) is 0 Å². The van der Waals surface area contributed by atoms with Crippen LogP contribution < -0.4 is 10.1 Å². The monoisotopic (exact) mass is 237 g/mol. The van der Waals surface area contributed by atoms with Crippen molar-refractivity contribution < 1.29 is 9.13 Å². The Hall–Kier alpha value is -1.09. The third-order valence-electron chi connectivity index (χ3n) is 3.03. The molecule has 1 atom stereocenters. The Labute approximate surface area is 102 Å². The molecule has 1 aliphatic rings. The van der Waals surface area contributed by atoms with Gasteiger partial charge in [-0.05, 0) is 56.8 Å². The molecule has 94 valence electrons. The first-order chi connectivity index (χ1) is 8.15. The predicted octanol–water partition coefficient (Wildman–Crippen LogP) is 3.08. The van der Waals surface area contributed by atoms with E-state index in [-0.39, 0.29) is 11.9 Å². The van der Waals surface area contributed by atoms with Crippen LogP contribution in [-0.2, 0) is 0 Å². The molecule has 0 amide bonds. The second-order valence-corrected chi connectivity index (χ2v) is 4.93. The summed E-state index contributed by atoms with van der Waals surface area (Å²) in [7, 11) is 0. The van der Waals surface area contributed by atoms with Crippen LogP contribution in [0.5, 0.6) is 5.75 Å². The molecular formula is C14H20FNO. The molecule has 1 heterocycles. The highest BCUT2D eigenvalue weighted by Crippen LogP contribution is 2.27. The van der Waals surface area contributed by atoms with Crippen LogP contribution >= 0.6 is 0 Å². The predicted molar refractivity (Wildman–Crippen MR) is 67.0 cm³/mol. The molecule has 0 bridgehead atoms. The number of hydrogen-bond acceptors (Lipinski definition) is 2. The van der Waals surface area contributed by atoms with Crippen molar-refractivity contribution in [2.24, 2.45) is 0 Å². The summed E-state index contributed by atoms with van der Waals surface area (Å²) in [5.74, 6) is 0.846. The van der Waals surface area contributed by atoms with Gasteiger partial charge in [0.25, 0.3) is 0 Å². The molecule has 2 nitrogen and oxygen atoms in total. The van der Waals surface area contributed by atoms with Crippen LogP contribution in [0, 0.1) is 5.82 Å². The molecule has 3 heteroatoms. The number of piperidine rings is 1. The Morgan fingerprint density at radius 3 is 2.82 bits per heavy atom. The molecule has 1 aliphatic heterocycles. The van der Waals surface area contributed by atoms with E-state index in [9.17, 15) is 4.39 Å². The molecule has 1 unspecified atom stereocenters. The van der Waals surface area contributed by atoms with E-state index in [0.29, 0.717) is 11.7 Å². The van der Waals surface area contributed by atoms with Crippen LogP contribution in [0.2, 0.25) is 0 Å². The van der Waals surface area contributed by atoms with Crippen molar-refractivity contribution in [2.75, 3.05) is 13.1 Å². The van der Waals surface area contributed by atoms with Crippen LogP contribution in [0.3, 0.4) is 0 Å². The maximum atomic E-state index is 13.5. The molecule has 0 aliphatic carbocycles. The number of rotatable bonds is 3. The van der Waals surface area contributed by atoms with Gasteiger partial charge in [-0.2, -0.15) is 0 Å². The molecule has 0 saturated carbocycles. The highest BCUT2D eigenvalue weighted by Gasteiger charge is 2.16. The van der Waals surface area contributed by atoms with E-state index in [0.717, 1.165) is 31.5 Å². The minimum Gasteiger partial charge on any atom is -0.491 e. The van der Waals surface area contributed by atoms with E-state index in [2.05, 4.69) is 5.32 Å². The summed E-state index contributed by atoms with van der Waals surface area (Å²) in [5, 5.41) is 3.35. The third kappa shape index (κ3) is 3.43. The zero-order valence-electron chi connectivity index (χ0n) is 10.5. The van der Waals surface area contributed by atoms with Gasteiger partial charge in [0.15, 0.2) is 0 Å². The average molecular weight is 237 g/mol. The van der Waals surface area contributed by atoms with Crippen LogP contribution in [0.4, 0.5) is 4.39 Å². The quantitative estimate of drug-likeness (QED) is 0.872. The Morgan fingerprint density at radius 2 is 2.18 bits per heavy atom. The molecule has 2 rings (SSSR count). The maximum Gasteiger partial charge on any atom is 0.127 e. The fourth-order valence-electron chi connectivity index (χ4n) is 2.30. The van der Waals surface area contributed by atoms with Gasteiger partial charge in [-0.25, -0.2) is 4.39 Å². The average Bonchev–Trinajstić information content (AvgIpc) is 2.28. The number of nitrogens with one attached hydrogen (secondary N) is 1. The molecule has 1 N–H and O–H groups in total. The van der Waals surface area contributed by atoms with Crippen molar-refractivity contribution in [2.45, 2.75) is 38.7 Å². The Morgan fingerprint density at radius 1 is 1.35 bits per heavy atom. The molecule has 0 radical (unpaired) electrons. The lowest BCUT2D eigenvalue weighted by Gasteiger charge is -2.23. The van der Waals surface area contributed by atoms with E-state index in [1.165, 1.54) is 6.07 Å². The van der Waals surface area contributed by atoms with Crippen molar-refractivity contribution >= 4 is 0 Å². The Bertz CT molecular complexity index is 372. The third-order valence-corrected chi connectivity index (χ3v) is 3.03. The molecular weight excluding hydrogens is 217 g/mol. The molecule has 17 heavy (non-hydrogen) atoms. The molecule has 0 aromatic heterocycles. The van der Waals surface area contributed by atoms with E-state index in [1.807, 2.05) is 19.9 Å². The van der Waals surface area contributed by atoms with Crippen molar-refractivity contribution in [3.63, 3.8) is 0 Å². The summed E-state index contributed by atoms with van der Waals surface area (Å²) >= 11 is 0. The topological polar surface area (TPSA) is 21.3 Å². The van der Waals surface area contributed by atoms with Crippen molar-refractivity contribution in [1.82, 2.24) is 5.32 Å². The van der Waals surface area contributed by atoms with Crippen molar-refractivity contribution in [3.8, 4) is 5.75 Å². The molecule has 1 aromatic rings. The first-order valence-electron chi connectivity index (χ1n) is 6.33. The molecule has 1 saturated heterocycles. The van der Waals surface area contributed by atoms with Crippen LogP contribution in [-0.4, -0.2) is 19.2 Å². The van der Waals surface area contributed by atoms with E-state index in [1.54, 1.807) is 6.07 Å². The van der Waals surface area contributed by atoms with E-state index in [4.69, 9.17) is 4.74 Å². The Balaban J connectivity index is 2.18. The highest BCUT2D eigenvalue weighted by atomic mass is 19.1. The molecule has 1 aromatic carbocycles. The maximum absolute atomic E-state index is 13.5. The van der Waals surface area contributed by atoms with Gasteiger partial charge in [-0.3, -0.25) is 0 Å². The summed E-state index contributed by atoms with van der Waals surface area (Å²) in [5.41, 5.74) is 1.05. The van der Waals surface area contributed by atoms with Crippen molar-refractivity contribution in [3.05, 3.63) is 29.6 Å². The van der Waals surface area contributed by atoms with Gasteiger partial charge in [-0.15, -0.1) is 0 Å². The van der Waals surface area contributed by atoms with E-state index < -0.39 is 0 Å². The van der Waals surface area contributed by atoms with Gasteiger partial charge >= 0.3 is 0 Å². The zero-order valence-corrected chi connectivity index (χ0v) is 10.5. The largest absolute Gasteiger partial charge is 0.491 e. The van der Waals surface area contributed by atoms with Gasteiger partial charge in [0.1, 0.15) is 11.6 Å². The standard InChI is InChI=1S/C14H20FNO/c1-10(2)17-14-7-12(6-13(15)8-14)11-4-3-5-16-9-11/h6-8,10-11,16H,3-5,9H2,1-2H3. The SMILES string of the molecule is CC(C)Oc1cc(F)cc(C2CCCNC2)c1. The fourth-order valence-corrected chi connectivity index (χ4v) is 2.30. The second-order valence-electron chi connectivity index (χ2n) is 4.93. The minimum absolute atomic E-state index is 0.0779. The molecule has 0 spiro atoms. The highest BCUT2D eigenvalue weighted by molar-refractivity contribution is 5.32. The number of benzene rings is 1. The molecule has 1 fully saturated rings. The lowest BCUT2D eigenvalue weighted by Crippen LogP contribution is -2.28. The van der Waals surface area contributed by atoms with Crippen molar-refractivity contribution in [1.29, 1.82) is 0 Å². The summed E-state index contributed by atoms with van der Waals surface area (Å²) in [6.45, 7) is 5.91. The smallest absolute Gasteiger partial charge is 0.127 e. The first kappa shape index (κ1) is 12.4. The summed E-state index contributed by atoms with van der Waals surface area (Å²) in [4.78, 5) is 0. The second kappa shape index (κ2) is 5.50. The first-order valence-corrected chi connectivity index (χ1v) is 6.33. The minimum atomic E-state index is -0.205. The summed E-state index contributed by atoms with van der Waals surface area (Å²) < 4.78 is 19.1. The zero-order chi connectivity index (χ0) is 12.3. The van der Waals surface area contributed by atoms with Gasteiger partial charge in [-0.1, -0.05) is 0 Å². The summed E-state index contributed by atoms with van der Waals surface area (Å²) in [6, 6.07) is 5.06. The lowest BCUT2D eigenvalue weighted by molar-refractivity contribution is 0.241. The van der Waals surface area contributed by atoms with E-state index >= 15 is 0 Å². The normalized spacial score (nSPS) is 20.6. The Kier molecular flexibility index (Phi) is 4.00. The van der Waals surface area contributed by atoms with Crippen LogP contribution in [0.1, 0.15) is 38.2 Å². The lowest BCUT2D eigenvalue weighted by atomic mass is 9.91. The number of ether oxygens (including phenoxy) is 1. The number of halogens is 1. The summed E-state index contributed by atoms with van der Waals surface area (Å²) in [6.07, 6.45) is 2.35. The fraction of sp³-hybridized carbons (Fsp3) is 0.571. The van der Waals surface area contributed by atoms with Gasteiger partial charge in [0, 0.05) is 12.6 Å². The van der Waals surface area contributed by atoms with Gasteiger partial charge < -0.3 is 10.1 Å². The van der Waals surface area contributed by atoms with Crippen LogP contribution in [0.25, 0.3) is 0 Å². The number of hydrogen-bond donors (Lipinski definition) is 1.